The Bertz CT molecular complexity index is 1160. The van der Waals surface area contributed by atoms with E-state index < -0.39 is 35.1 Å². The van der Waals surface area contributed by atoms with Crippen LogP contribution < -0.4 is 16.4 Å². The predicted molar refractivity (Wildman–Crippen MR) is 159 cm³/mol. The van der Waals surface area contributed by atoms with Gasteiger partial charge in [-0.2, -0.15) is 0 Å². The number of esters is 1. The van der Waals surface area contributed by atoms with Gasteiger partial charge in [0.2, 0.25) is 0 Å². The van der Waals surface area contributed by atoms with Crippen LogP contribution in [0.15, 0.2) is 55.1 Å². The maximum absolute atomic E-state index is 14.1. The van der Waals surface area contributed by atoms with Gasteiger partial charge < -0.3 is 25.8 Å². The minimum Gasteiger partial charge on any atom is -0.456 e. The molecule has 0 saturated carbocycles. The molecule has 0 radical (unpaired) electrons. The van der Waals surface area contributed by atoms with Gasteiger partial charge in [0.25, 0.3) is 0 Å². The summed E-state index contributed by atoms with van der Waals surface area (Å²) in [5.41, 5.74) is 6.84. The number of alkyl carbamates (subject to hydrolysis) is 1. The van der Waals surface area contributed by atoms with Crippen LogP contribution in [0.3, 0.4) is 0 Å². The van der Waals surface area contributed by atoms with Crippen molar-refractivity contribution >= 4 is 17.8 Å². The number of nitrogens with one attached hydrogen (secondary N) is 2. The summed E-state index contributed by atoms with van der Waals surface area (Å²) in [7, 11) is 0. The van der Waals surface area contributed by atoms with Crippen LogP contribution in [0.1, 0.15) is 87.1 Å². The van der Waals surface area contributed by atoms with E-state index in [4.69, 9.17) is 15.2 Å². The molecule has 0 aliphatic carbocycles. The number of rotatable bonds is 13. The molecule has 218 valence electrons. The Balaban J connectivity index is 2.70. The Morgan fingerprint density at radius 1 is 0.950 bits per heavy atom. The molecule has 0 aliphatic rings. The summed E-state index contributed by atoms with van der Waals surface area (Å²) in [6.07, 6.45) is 2.66. The number of Topliss-reactive ketones (excluding diaryl/α,β-unsaturated/α-hetero) is 1. The highest BCUT2D eigenvalue weighted by atomic mass is 16.6. The van der Waals surface area contributed by atoms with E-state index >= 15 is 0 Å². The van der Waals surface area contributed by atoms with E-state index in [9.17, 15) is 14.4 Å². The number of nitrogens with two attached hydrogens (primary N) is 1. The number of hydrogen-bond donors (Lipinski definition) is 3. The smallest absolute Gasteiger partial charge is 0.408 e. The number of benzene rings is 2. The van der Waals surface area contributed by atoms with E-state index in [0.29, 0.717) is 44.5 Å². The molecule has 2 aromatic rings. The van der Waals surface area contributed by atoms with Gasteiger partial charge in [0.1, 0.15) is 11.2 Å². The third-order valence-corrected chi connectivity index (χ3v) is 5.81. The van der Waals surface area contributed by atoms with Crippen molar-refractivity contribution in [3.8, 4) is 11.1 Å². The molecule has 40 heavy (non-hydrogen) atoms. The van der Waals surface area contributed by atoms with Crippen LogP contribution in [0.25, 0.3) is 11.1 Å². The van der Waals surface area contributed by atoms with E-state index in [1.54, 1.807) is 53.7 Å². The second kappa shape index (κ2) is 14.8. The van der Waals surface area contributed by atoms with E-state index in [2.05, 4.69) is 17.2 Å². The lowest BCUT2D eigenvalue weighted by molar-refractivity contribution is 0.00662. The fourth-order valence-corrected chi connectivity index (χ4v) is 4.19. The van der Waals surface area contributed by atoms with Crippen molar-refractivity contribution in [3.05, 3.63) is 71.8 Å². The van der Waals surface area contributed by atoms with Gasteiger partial charge in [0.05, 0.1) is 11.6 Å². The van der Waals surface area contributed by atoms with Crippen molar-refractivity contribution < 1.29 is 23.9 Å². The summed E-state index contributed by atoms with van der Waals surface area (Å²) in [4.78, 5) is 40.6. The molecule has 1 amide bonds. The molecule has 0 saturated heterocycles. The van der Waals surface area contributed by atoms with Gasteiger partial charge in [-0.25, -0.2) is 9.59 Å². The lowest BCUT2D eigenvalue weighted by Gasteiger charge is -2.26. The van der Waals surface area contributed by atoms with E-state index in [0.717, 1.165) is 11.1 Å². The molecule has 2 aromatic carbocycles. The minimum absolute atomic E-state index is 0.174. The lowest BCUT2D eigenvalue weighted by Crippen LogP contribution is -2.44. The molecule has 0 bridgehead atoms. The summed E-state index contributed by atoms with van der Waals surface area (Å²) in [6, 6.07) is 12.2. The number of unbranched alkanes of at least 4 members (excludes halogenated alkanes) is 1. The zero-order chi connectivity index (χ0) is 29.9. The zero-order valence-corrected chi connectivity index (χ0v) is 24.8. The summed E-state index contributed by atoms with van der Waals surface area (Å²) in [5.74, 6) is -1.00. The topological polar surface area (TPSA) is 120 Å². The number of amides is 1. The second-order valence-electron chi connectivity index (χ2n) is 11.6. The average molecular weight is 552 g/mol. The zero-order valence-electron chi connectivity index (χ0n) is 24.8. The molecule has 0 spiro atoms. The molecule has 0 unspecified atom stereocenters. The largest absolute Gasteiger partial charge is 0.456 e. The Morgan fingerprint density at radius 3 is 2.17 bits per heavy atom. The normalized spacial score (nSPS) is 12.4. The molecule has 8 nitrogen and oxygen atoms in total. The Hall–Kier alpha value is -3.49. The Morgan fingerprint density at radius 2 is 1.60 bits per heavy atom. The van der Waals surface area contributed by atoms with Crippen molar-refractivity contribution in [2.75, 3.05) is 13.1 Å². The molecule has 0 aliphatic heterocycles. The van der Waals surface area contributed by atoms with E-state index in [-0.39, 0.29) is 11.1 Å². The number of ketones is 1. The number of ether oxygens (including phenoxy) is 2. The van der Waals surface area contributed by atoms with Crippen LogP contribution in [0.5, 0.6) is 0 Å². The quantitative estimate of drug-likeness (QED) is 0.125. The Kier molecular flexibility index (Phi) is 12.1. The van der Waals surface area contributed by atoms with Crippen molar-refractivity contribution in [2.45, 2.75) is 84.6 Å². The maximum Gasteiger partial charge on any atom is 0.408 e. The molecule has 4 N–H and O–H groups in total. The van der Waals surface area contributed by atoms with Gasteiger partial charge in [-0.3, -0.25) is 4.79 Å². The van der Waals surface area contributed by atoms with Crippen LogP contribution >= 0.6 is 0 Å². The molecule has 0 aromatic heterocycles. The van der Waals surface area contributed by atoms with Gasteiger partial charge in [0.15, 0.2) is 5.78 Å². The number of carbonyl (C=O) groups is 3. The highest BCUT2D eigenvalue weighted by Crippen LogP contribution is 2.31. The van der Waals surface area contributed by atoms with Gasteiger partial charge in [0, 0.05) is 18.7 Å². The predicted octanol–water partition coefficient (Wildman–Crippen LogP) is 5.79. The van der Waals surface area contributed by atoms with Crippen molar-refractivity contribution in [2.24, 2.45) is 5.73 Å². The van der Waals surface area contributed by atoms with Crippen molar-refractivity contribution in [1.29, 1.82) is 0 Å². The number of carbonyl (C=O) groups excluding carboxylic acids is 3. The van der Waals surface area contributed by atoms with E-state index in [1.807, 2.05) is 36.4 Å². The molecule has 0 fully saturated rings. The van der Waals surface area contributed by atoms with Crippen LogP contribution in [-0.2, 0) is 16.0 Å². The SMILES string of the molecule is C=CCNCc1c(-c2ccccc2)ccc(C(=O)[C@H](CCCCN)NC(=O)OC(C)(C)C)c1C(=O)OC(C)(C)C. The van der Waals surface area contributed by atoms with Crippen molar-refractivity contribution in [3.63, 3.8) is 0 Å². The van der Waals surface area contributed by atoms with Crippen LogP contribution in [0.2, 0.25) is 0 Å². The summed E-state index contributed by atoms with van der Waals surface area (Å²) in [6.45, 7) is 15.6. The second-order valence-corrected chi connectivity index (χ2v) is 11.6. The highest BCUT2D eigenvalue weighted by molar-refractivity contribution is 6.11. The first kappa shape index (κ1) is 32.7. The molecule has 2 rings (SSSR count). The van der Waals surface area contributed by atoms with Crippen LogP contribution in [-0.4, -0.2) is 48.2 Å². The van der Waals surface area contributed by atoms with Gasteiger partial charge >= 0.3 is 12.1 Å². The molecule has 0 heterocycles. The molecular formula is C32H45N3O5. The number of hydrogen-bond acceptors (Lipinski definition) is 7. The first-order chi connectivity index (χ1) is 18.8. The molecular weight excluding hydrogens is 506 g/mol. The monoisotopic (exact) mass is 551 g/mol. The first-order valence-corrected chi connectivity index (χ1v) is 13.8. The standard InChI is InChI=1S/C32H45N3O5/c1-8-20-34-21-25-23(22-14-10-9-11-15-22)17-18-24(27(25)29(37)39-31(2,3)4)28(36)26(16-12-13-19-33)35-30(38)40-32(5,6)7/h8-11,14-15,17-18,26,34H,1,12-13,16,19-21,33H2,2-7H3,(H,35,38)/t26-/m0/s1. The molecule has 1 atom stereocenters. The molecule has 8 heteroatoms. The van der Waals surface area contributed by atoms with Crippen molar-refractivity contribution in [1.82, 2.24) is 10.6 Å². The fourth-order valence-electron chi connectivity index (χ4n) is 4.19. The third kappa shape index (κ3) is 10.2. The van der Waals surface area contributed by atoms with Crippen LogP contribution in [0.4, 0.5) is 4.79 Å². The maximum atomic E-state index is 14.1. The summed E-state index contributed by atoms with van der Waals surface area (Å²) in [5, 5.41) is 6.00. The minimum atomic E-state index is -0.917. The lowest BCUT2D eigenvalue weighted by atomic mass is 9.87. The van der Waals surface area contributed by atoms with Crippen LogP contribution in [0, 0.1) is 0 Å². The summed E-state index contributed by atoms with van der Waals surface area (Å²) >= 11 is 0. The van der Waals surface area contributed by atoms with Gasteiger partial charge in [-0.1, -0.05) is 42.5 Å². The third-order valence-electron chi connectivity index (χ3n) is 5.81. The van der Waals surface area contributed by atoms with Gasteiger partial charge in [-0.05, 0) is 90.1 Å². The Labute approximate surface area is 238 Å². The highest BCUT2D eigenvalue weighted by Gasteiger charge is 2.32. The first-order valence-electron chi connectivity index (χ1n) is 13.8. The van der Waals surface area contributed by atoms with E-state index in [1.165, 1.54) is 0 Å². The fraction of sp³-hybridized carbons (Fsp3) is 0.469. The summed E-state index contributed by atoms with van der Waals surface area (Å²) < 4.78 is 11.2. The van der Waals surface area contributed by atoms with Gasteiger partial charge in [-0.15, -0.1) is 6.58 Å². The average Bonchev–Trinajstić information content (AvgIpc) is 2.86.